The summed E-state index contributed by atoms with van der Waals surface area (Å²) in [6.07, 6.45) is 0.353. The van der Waals surface area contributed by atoms with Crippen LogP contribution in [-0.4, -0.2) is 18.5 Å². The van der Waals surface area contributed by atoms with E-state index < -0.39 is 5.82 Å². The monoisotopic (exact) mass is 258 g/mol. The number of carbonyl (C=O) groups excluding carboxylic acids is 1. The normalized spacial score (nSPS) is 10.6. The Bertz CT molecular complexity index is 396. The maximum Gasteiger partial charge on any atom is 0.225 e. The Morgan fingerprint density at radius 3 is 2.76 bits per heavy atom. The zero-order valence-corrected chi connectivity index (χ0v) is 10.6. The molecule has 17 heavy (non-hydrogen) atoms. The lowest BCUT2D eigenvalue weighted by Crippen LogP contribution is -2.27. The van der Waals surface area contributed by atoms with Gasteiger partial charge in [-0.15, -0.1) is 0 Å². The van der Waals surface area contributed by atoms with Crippen LogP contribution in [0.15, 0.2) is 18.2 Å². The fourth-order valence-electron chi connectivity index (χ4n) is 1.28. The largest absolute Gasteiger partial charge is 0.325 e. The Morgan fingerprint density at radius 2 is 2.18 bits per heavy atom. The Kier molecular flexibility index (Phi) is 5.38. The first-order chi connectivity index (χ1) is 7.99. The summed E-state index contributed by atoms with van der Waals surface area (Å²) >= 11 is 5.79. The molecule has 0 aliphatic carbocycles. The third-order valence-corrected chi connectivity index (χ3v) is 2.42. The number of hydrogen-bond donors (Lipinski definition) is 2. The van der Waals surface area contributed by atoms with Crippen molar-refractivity contribution >= 4 is 23.2 Å². The van der Waals surface area contributed by atoms with Gasteiger partial charge in [0.15, 0.2) is 0 Å². The van der Waals surface area contributed by atoms with Crippen molar-refractivity contribution < 1.29 is 9.18 Å². The van der Waals surface area contributed by atoms with Crippen LogP contribution < -0.4 is 10.6 Å². The highest BCUT2D eigenvalue weighted by molar-refractivity contribution is 6.33. The van der Waals surface area contributed by atoms with Gasteiger partial charge in [-0.2, -0.15) is 0 Å². The molecule has 1 aromatic carbocycles. The molecule has 5 heteroatoms. The summed E-state index contributed by atoms with van der Waals surface area (Å²) in [5, 5.41) is 5.97. The molecular weight excluding hydrogens is 243 g/mol. The molecule has 0 bridgehead atoms. The van der Waals surface area contributed by atoms with E-state index in [1.807, 2.05) is 13.8 Å². The van der Waals surface area contributed by atoms with Crippen molar-refractivity contribution in [2.75, 3.05) is 11.9 Å². The average molecular weight is 259 g/mol. The molecule has 0 saturated carbocycles. The van der Waals surface area contributed by atoms with Crippen molar-refractivity contribution in [1.82, 2.24) is 5.32 Å². The Hall–Kier alpha value is -1.13. The van der Waals surface area contributed by atoms with E-state index in [4.69, 9.17) is 11.6 Å². The molecule has 3 nitrogen and oxygen atoms in total. The standard InChI is InChI=1S/C12H16ClFN2O/c1-8(2)15-6-5-12(17)16-11-4-3-9(14)7-10(11)13/h3-4,7-8,15H,5-6H2,1-2H3,(H,16,17). The van der Waals surface area contributed by atoms with E-state index in [1.54, 1.807) is 0 Å². The SMILES string of the molecule is CC(C)NCCC(=O)Nc1ccc(F)cc1Cl. The molecular formula is C12H16ClFN2O. The van der Waals surface area contributed by atoms with Gasteiger partial charge in [0.1, 0.15) is 5.82 Å². The van der Waals surface area contributed by atoms with Crippen molar-refractivity contribution in [3.8, 4) is 0 Å². The molecule has 0 spiro atoms. The fraction of sp³-hybridized carbons (Fsp3) is 0.417. The van der Waals surface area contributed by atoms with Crippen LogP contribution in [0, 0.1) is 5.82 Å². The molecule has 0 radical (unpaired) electrons. The predicted molar refractivity (Wildman–Crippen MR) is 67.8 cm³/mol. The van der Waals surface area contributed by atoms with Crippen molar-refractivity contribution in [3.63, 3.8) is 0 Å². The molecule has 0 fully saturated rings. The third-order valence-electron chi connectivity index (χ3n) is 2.11. The van der Waals surface area contributed by atoms with Crippen LogP contribution in [-0.2, 0) is 4.79 Å². The summed E-state index contributed by atoms with van der Waals surface area (Å²) in [7, 11) is 0. The van der Waals surface area contributed by atoms with Gasteiger partial charge in [-0.25, -0.2) is 4.39 Å². The van der Waals surface area contributed by atoms with Crippen LogP contribution in [0.1, 0.15) is 20.3 Å². The van der Waals surface area contributed by atoms with Gasteiger partial charge in [-0.1, -0.05) is 25.4 Å². The van der Waals surface area contributed by atoms with E-state index in [1.165, 1.54) is 18.2 Å². The van der Waals surface area contributed by atoms with Crippen LogP contribution >= 0.6 is 11.6 Å². The Balaban J connectivity index is 2.45. The fourth-order valence-corrected chi connectivity index (χ4v) is 1.49. The molecule has 1 aromatic rings. The summed E-state index contributed by atoms with van der Waals surface area (Å²) in [6, 6.07) is 4.22. The molecule has 0 aromatic heterocycles. The van der Waals surface area contributed by atoms with E-state index in [2.05, 4.69) is 10.6 Å². The smallest absolute Gasteiger partial charge is 0.225 e. The van der Waals surface area contributed by atoms with Crippen molar-refractivity contribution in [2.45, 2.75) is 26.3 Å². The quantitative estimate of drug-likeness (QED) is 0.853. The number of nitrogens with one attached hydrogen (secondary N) is 2. The van der Waals surface area contributed by atoms with Crippen LogP contribution in [0.25, 0.3) is 0 Å². The number of benzene rings is 1. The van der Waals surface area contributed by atoms with Crippen molar-refractivity contribution in [2.24, 2.45) is 0 Å². The van der Waals surface area contributed by atoms with Crippen molar-refractivity contribution in [1.29, 1.82) is 0 Å². The summed E-state index contributed by atoms with van der Waals surface area (Å²) in [6.45, 7) is 4.62. The minimum Gasteiger partial charge on any atom is -0.325 e. The van der Waals surface area contributed by atoms with Gasteiger partial charge >= 0.3 is 0 Å². The van der Waals surface area contributed by atoms with Crippen LogP contribution in [0.5, 0.6) is 0 Å². The predicted octanol–water partition coefficient (Wildman–Crippen LogP) is 2.81. The zero-order chi connectivity index (χ0) is 12.8. The number of anilines is 1. The highest BCUT2D eigenvalue weighted by Gasteiger charge is 2.06. The van der Waals surface area contributed by atoms with Crippen LogP contribution in [0.2, 0.25) is 5.02 Å². The lowest BCUT2D eigenvalue weighted by molar-refractivity contribution is -0.116. The third kappa shape index (κ3) is 5.15. The first kappa shape index (κ1) is 13.9. The van der Waals surface area contributed by atoms with Gasteiger partial charge in [-0.3, -0.25) is 4.79 Å². The number of carbonyl (C=O) groups is 1. The van der Waals surface area contributed by atoms with E-state index in [9.17, 15) is 9.18 Å². The van der Waals surface area contributed by atoms with E-state index in [-0.39, 0.29) is 10.9 Å². The van der Waals surface area contributed by atoms with Gasteiger partial charge in [0.2, 0.25) is 5.91 Å². The first-order valence-electron chi connectivity index (χ1n) is 5.47. The van der Waals surface area contributed by atoms with Gasteiger partial charge in [-0.05, 0) is 18.2 Å². The van der Waals surface area contributed by atoms with Gasteiger partial charge in [0.05, 0.1) is 10.7 Å². The van der Waals surface area contributed by atoms with Crippen LogP contribution in [0.4, 0.5) is 10.1 Å². The highest BCUT2D eigenvalue weighted by atomic mass is 35.5. The molecule has 0 aliphatic heterocycles. The molecule has 2 N–H and O–H groups in total. The second kappa shape index (κ2) is 6.57. The Labute approximate surface area is 105 Å². The lowest BCUT2D eigenvalue weighted by Gasteiger charge is -2.09. The van der Waals surface area contributed by atoms with Gasteiger partial charge in [0.25, 0.3) is 0 Å². The summed E-state index contributed by atoms with van der Waals surface area (Å²) in [4.78, 5) is 11.5. The van der Waals surface area contributed by atoms with Gasteiger partial charge in [0, 0.05) is 19.0 Å². The zero-order valence-electron chi connectivity index (χ0n) is 9.89. The number of hydrogen-bond acceptors (Lipinski definition) is 2. The maximum atomic E-state index is 12.8. The van der Waals surface area contributed by atoms with Crippen LogP contribution in [0.3, 0.4) is 0 Å². The van der Waals surface area contributed by atoms with E-state index in [0.717, 1.165) is 0 Å². The topological polar surface area (TPSA) is 41.1 Å². The number of rotatable bonds is 5. The van der Waals surface area contributed by atoms with E-state index >= 15 is 0 Å². The lowest BCUT2D eigenvalue weighted by atomic mass is 10.3. The summed E-state index contributed by atoms with van der Waals surface area (Å²) in [5.74, 6) is -0.568. The minimum atomic E-state index is -0.422. The Morgan fingerprint density at radius 1 is 1.47 bits per heavy atom. The molecule has 0 unspecified atom stereocenters. The molecule has 0 aliphatic rings. The second-order valence-corrected chi connectivity index (χ2v) is 4.44. The first-order valence-corrected chi connectivity index (χ1v) is 5.85. The van der Waals surface area contributed by atoms with Gasteiger partial charge < -0.3 is 10.6 Å². The molecule has 94 valence electrons. The summed E-state index contributed by atoms with van der Waals surface area (Å²) < 4.78 is 12.8. The van der Waals surface area contributed by atoms with E-state index in [0.29, 0.717) is 24.7 Å². The number of halogens is 2. The molecule has 0 saturated heterocycles. The van der Waals surface area contributed by atoms with Crippen molar-refractivity contribution in [3.05, 3.63) is 29.0 Å². The minimum absolute atomic E-state index is 0.147. The highest BCUT2D eigenvalue weighted by Crippen LogP contribution is 2.22. The molecule has 0 heterocycles. The number of amides is 1. The molecule has 0 atom stereocenters. The molecule has 1 amide bonds. The summed E-state index contributed by atoms with van der Waals surface area (Å²) in [5.41, 5.74) is 0.433. The average Bonchev–Trinajstić information content (AvgIpc) is 2.21. The maximum absolute atomic E-state index is 12.8. The second-order valence-electron chi connectivity index (χ2n) is 4.03. The molecule has 1 rings (SSSR count).